The SMILES string of the molecule is COc1cccc2c1P(C)C(C1N(c3ccccc3)c3cccc(OC)c3P1C(C)(C)C)N2c1ccccc1. The Morgan fingerprint density at radius 3 is 1.54 bits per heavy atom. The van der Waals surface area contributed by atoms with E-state index in [0.29, 0.717) is 0 Å². The molecule has 0 N–H and O–H groups in total. The number of ether oxygens (including phenoxy) is 2. The monoisotopic (exact) mass is 554 g/mol. The third-order valence-electron chi connectivity index (χ3n) is 7.76. The van der Waals surface area contributed by atoms with Crippen molar-refractivity contribution in [3.8, 4) is 11.5 Å². The van der Waals surface area contributed by atoms with Gasteiger partial charge in [-0.15, -0.1) is 0 Å². The first-order chi connectivity index (χ1) is 18.9. The highest BCUT2D eigenvalue weighted by molar-refractivity contribution is 7.72. The van der Waals surface area contributed by atoms with Crippen LogP contribution in [0, 0.1) is 0 Å². The quantitative estimate of drug-likeness (QED) is 0.233. The number of hydrogen-bond donors (Lipinski definition) is 0. The van der Waals surface area contributed by atoms with E-state index in [2.05, 4.69) is 134 Å². The highest BCUT2D eigenvalue weighted by Crippen LogP contribution is 2.69. The predicted molar refractivity (Wildman–Crippen MR) is 170 cm³/mol. The molecule has 0 saturated carbocycles. The number of methoxy groups -OCH3 is 2. The van der Waals surface area contributed by atoms with Crippen molar-refractivity contribution in [1.29, 1.82) is 0 Å². The zero-order valence-electron chi connectivity index (χ0n) is 23.5. The van der Waals surface area contributed by atoms with Crippen molar-refractivity contribution in [1.82, 2.24) is 0 Å². The predicted octanol–water partition coefficient (Wildman–Crippen LogP) is 8.00. The van der Waals surface area contributed by atoms with Crippen molar-refractivity contribution in [2.45, 2.75) is 37.5 Å². The van der Waals surface area contributed by atoms with E-state index in [9.17, 15) is 0 Å². The Morgan fingerprint density at radius 2 is 1.05 bits per heavy atom. The zero-order valence-corrected chi connectivity index (χ0v) is 25.3. The van der Waals surface area contributed by atoms with Crippen LogP contribution in [0.1, 0.15) is 20.8 Å². The number of hydrogen-bond acceptors (Lipinski definition) is 4. The molecular weight excluding hydrogens is 518 g/mol. The molecule has 0 amide bonds. The summed E-state index contributed by atoms with van der Waals surface area (Å²) in [6.07, 6.45) is 0. The molecule has 6 heteroatoms. The zero-order chi connectivity index (χ0) is 27.3. The third kappa shape index (κ3) is 4.21. The standard InChI is InChI=1S/C33H36N2O2P2/c1-33(2,3)39-30-26(20-14-22-28(30)37-5)35(24-17-11-8-12-18-24)32(39)31-34(23-15-9-7-10-16-23)25-19-13-21-27(36-4)29(25)38(31)6/h7-22,31-32H,1-6H3. The van der Waals surface area contributed by atoms with Gasteiger partial charge in [0.15, 0.2) is 0 Å². The Bertz CT molecular complexity index is 1470. The lowest BCUT2D eigenvalue weighted by Gasteiger charge is -2.45. The van der Waals surface area contributed by atoms with Crippen LogP contribution in [0.5, 0.6) is 11.5 Å². The summed E-state index contributed by atoms with van der Waals surface area (Å²) in [6.45, 7) is 9.67. The second kappa shape index (κ2) is 10.2. The van der Waals surface area contributed by atoms with Crippen LogP contribution in [0.15, 0.2) is 97.1 Å². The first kappa shape index (κ1) is 26.2. The van der Waals surface area contributed by atoms with Gasteiger partial charge in [-0.25, -0.2) is 0 Å². The molecule has 200 valence electrons. The first-order valence-electron chi connectivity index (χ1n) is 13.4. The Labute approximate surface area is 235 Å². The van der Waals surface area contributed by atoms with Crippen LogP contribution in [0.3, 0.4) is 0 Å². The molecule has 0 aliphatic carbocycles. The molecule has 2 aliphatic rings. The number of fused-ring (bicyclic) bond motifs is 2. The van der Waals surface area contributed by atoms with Crippen LogP contribution < -0.4 is 29.9 Å². The van der Waals surface area contributed by atoms with Gasteiger partial charge in [0.1, 0.15) is 11.5 Å². The van der Waals surface area contributed by atoms with Gasteiger partial charge in [0.25, 0.3) is 0 Å². The Hall–Kier alpha value is -3.06. The lowest BCUT2D eigenvalue weighted by atomic mass is 10.2. The summed E-state index contributed by atoms with van der Waals surface area (Å²) in [5, 5.41) is 2.77. The molecule has 0 bridgehead atoms. The van der Waals surface area contributed by atoms with Gasteiger partial charge in [-0.1, -0.05) is 69.3 Å². The molecule has 2 aliphatic heterocycles. The van der Waals surface area contributed by atoms with Gasteiger partial charge in [-0.3, -0.25) is 0 Å². The molecule has 6 rings (SSSR count). The largest absolute Gasteiger partial charge is 0.496 e. The second-order valence-electron chi connectivity index (χ2n) is 11.0. The number of anilines is 4. The average molecular weight is 555 g/mol. The Balaban J connectivity index is 1.65. The smallest absolute Gasteiger partial charge is 0.128 e. The summed E-state index contributed by atoms with van der Waals surface area (Å²) >= 11 is 0. The maximum Gasteiger partial charge on any atom is 0.128 e. The fraction of sp³-hybridized carbons (Fsp3) is 0.273. The molecule has 4 aromatic rings. The van der Waals surface area contributed by atoms with Crippen LogP contribution in [0.25, 0.3) is 0 Å². The molecular formula is C33H36N2O2P2. The molecule has 0 aromatic heterocycles. The number of rotatable bonds is 5. The van der Waals surface area contributed by atoms with E-state index >= 15 is 0 Å². The van der Waals surface area contributed by atoms with E-state index in [0.717, 1.165) is 11.5 Å². The summed E-state index contributed by atoms with van der Waals surface area (Å²) in [4.78, 5) is 5.25. The minimum atomic E-state index is -0.691. The minimum Gasteiger partial charge on any atom is -0.496 e. The van der Waals surface area contributed by atoms with E-state index in [1.165, 1.54) is 33.4 Å². The van der Waals surface area contributed by atoms with Gasteiger partial charge in [0, 0.05) is 22.0 Å². The summed E-state index contributed by atoms with van der Waals surface area (Å²) < 4.78 is 12.1. The third-order valence-corrected chi connectivity index (χ3v) is 13.9. The van der Waals surface area contributed by atoms with E-state index in [-0.39, 0.29) is 16.7 Å². The van der Waals surface area contributed by atoms with Crippen LogP contribution in [-0.4, -0.2) is 37.6 Å². The summed E-state index contributed by atoms with van der Waals surface area (Å²) in [6, 6.07) is 34.9. The van der Waals surface area contributed by atoms with Crippen LogP contribution in [-0.2, 0) is 0 Å². The highest BCUT2D eigenvalue weighted by Gasteiger charge is 2.55. The minimum absolute atomic E-state index is 0.0459. The summed E-state index contributed by atoms with van der Waals surface area (Å²) in [5.41, 5.74) is 4.99. The molecule has 2 heterocycles. The van der Waals surface area contributed by atoms with Crippen molar-refractivity contribution in [2.75, 3.05) is 30.7 Å². The molecule has 0 radical (unpaired) electrons. The molecule has 0 saturated heterocycles. The molecule has 4 atom stereocenters. The lowest BCUT2D eigenvalue weighted by molar-refractivity contribution is 0.418. The van der Waals surface area contributed by atoms with E-state index < -0.39 is 15.8 Å². The first-order valence-corrected chi connectivity index (χ1v) is 16.7. The Morgan fingerprint density at radius 1 is 0.590 bits per heavy atom. The van der Waals surface area contributed by atoms with Crippen molar-refractivity contribution in [3.05, 3.63) is 97.1 Å². The molecule has 4 nitrogen and oxygen atoms in total. The van der Waals surface area contributed by atoms with E-state index in [1.807, 2.05) is 7.11 Å². The summed E-state index contributed by atoms with van der Waals surface area (Å²) in [5.74, 6) is 2.44. The van der Waals surface area contributed by atoms with Gasteiger partial charge in [0.05, 0.1) is 37.2 Å². The molecule has 0 fully saturated rings. The maximum absolute atomic E-state index is 6.08. The lowest BCUT2D eigenvalue weighted by Crippen LogP contribution is -2.45. The van der Waals surface area contributed by atoms with E-state index in [1.54, 1.807) is 7.11 Å². The summed E-state index contributed by atoms with van der Waals surface area (Å²) in [7, 11) is 2.30. The van der Waals surface area contributed by atoms with Gasteiger partial charge in [-0.2, -0.15) is 0 Å². The molecule has 4 unspecified atom stereocenters. The van der Waals surface area contributed by atoms with Gasteiger partial charge >= 0.3 is 0 Å². The van der Waals surface area contributed by atoms with Crippen LogP contribution >= 0.6 is 15.8 Å². The molecule has 4 aromatic carbocycles. The fourth-order valence-electron chi connectivity index (χ4n) is 6.27. The topological polar surface area (TPSA) is 24.9 Å². The van der Waals surface area contributed by atoms with Crippen molar-refractivity contribution < 1.29 is 9.47 Å². The second-order valence-corrected chi connectivity index (χ2v) is 16.3. The number of para-hydroxylation sites is 2. The van der Waals surface area contributed by atoms with Gasteiger partial charge < -0.3 is 19.3 Å². The van der Waals surface area contributed by atoms with Crippen LogP contribution in [0.2, 0.25) is 0 Å². The normalized spacial score (nSPS) is 22.0. The van der Waals surface area contributed by atoms with Gasteiger partial charge in [-0.05, 0) is 76.2 Å². The van der Waals surface area contributed by atoms with E-state index in [4.69, 9.17) is 9.47 Å². The van der Waals surface area contributed by atoms with Crippen molar-refractivity contribution in [2.24, 2.45) is 0 Å². The molecule has 0 spiro atoms. The number of benzene rings is 4. The van der Waals surface area contributed by atoms with Crippen molar-refractivity contribution >= 4 is 49.2 Å². The fourth-order valence-corrected chi connectivity index (χ4v) is 13.2. The Kier molecular flexibility index (Phi) is 6.82. The van der Waals surface area contributed by atoms with Crippen molar-refractivity contribution in [3.63, 3.8) is 0 Å². The molecule has 39 heavy (non-hydrogen) atoms. The van der Waals surface area contributed by atoms with Crippen LogP contribution in [0.4, 0.5) is 22.7 Å². The average Bonchev–Trinajstić information content (AvgIpc) is 3.46. The maximum atomic E-state index is 6.08. The highest BCUT2D eigenvalue weighted by atomic mass is 31.1. The number of nitrogens with zero attached hydrogens (tertiary/aromatic N) is 2. The van der Waals surface area contributed by atoms with Gasteiger partial charge in [0.2, 0.25) is 0 Å².